The number of benzene rings is 1. The summed E-state index contributed by atoms with van der Waals surface area (Å²) in [5, 5.41) is 4.79. The summed E-state index contributed by atoms with van der Waals surface area (Å²) < 4.78 is 15.7. The fourth-order valence-corrected chi connectivity index (χ4v) is 3.11. The number of nitrogens with zero attached hydrogens (tertiary/aromatic N) is 2. The minimum Gasteiger partial charge on any atom is -0.352 e. The van der Waals surface area contributed by atoms with Crippen LogP contribution in [0, 0.1) is 12.7 Å². The lowest BCUT2D eigenvalue weighted by Gasteiger charge is -2.08. The van der Waals surface area contributed by atoms with Gasteiger partial charge in [0.2, 0.25) is 0 Å². The van der Waals surface area contributed by atoms with Gasteiger partial charge in [0, 0.05) is 30.7 Å². The first-order chi connectivity index (χ1) is 10.6. The van der Waals surface area contributed by atoms with Crippen molar-refractivity contribution in [2.45, 2.75) is 13.3 Å². The fraction of sp³-hybridized carbons (Fsp3) is 0.200. The Morgan fingerprint density at radius 1 is 1.50 bits per heavy atom. The van der Waals surface area contributed by atoms with Crippen LogP contribution >= 0.6 is 22.9 Å². The summed E-state index contributed by atoms with van der Waals surface area (Å²) in [5.74, 6) is -1.12. The summed E-state index contributed by atoms with van der Waals surface area (Å²) in [5.41, 5.74) is 1.44. The minimum atomic E-state index is -0.615. The number of hydrogen-bond acceptors (Lipinski definition) is 3. The van der Waals surface area contributed by atoms with Crippen molar-refractivity contribution >= 4 is 33.8 Å². The molecule has 7 heteroatoms. The van der Waals surface area contributed by atoms with Gasteiger partial charge in [0.15, 0.2) is 4.96 Å². The SMILES string of the molecule is Cc1ccc(F)c(C(=O)NCCc2cn3ccsc3n2)c1Cl. The fourth-order valence-electron chi connectivity index (χ4n) is 2.15. The molecular formula is C15H13ClFN3OS. The molecule has 2 heterocycles. The number of carbonyl (C=O) groups excluding carboxylic acids is 1. The van der Waals surface area contributed by atoms with Crippen LogP contribution in [-0.2, 0) is 6.42 Å². The van der Waals surface area contributed by atoms with E-state index in [-0.39, 0.29) is 10.6 Å². The van der Waals surface area contributed by atoms with Crippen LogP contribution in [0.25, 0.3) is 4.96 Å². The zero-order valence-electron chi connectivity index (χ0n) is 11.8. The smallest absolute Gasteiger partial charge is 0.255 e. The van der Waals surface area contributed by atoms with E-state index < -0.39 is 11.7 Å². The predicted molar refractivity (Wildman–Crippen MR) is 85.3 cm³/mol. The molecule has 1 N–H and O–H groups in total. The molecular weight excluding hydrogens is 325 g/mol. The molecule has 114 valence electrons. The van der Waals surface area contributed by atoms with E-state index in [1.807, 2.05) is 22.2 Å². The lowest BCUT2D eigenvalue weighted by Crippen LogP contribution is -2.27. The largest absolute Gasteiger partial charge is 0.352 e. The van der Waals surface area contributed by atoms with Crippen molar-refractivity contribution in [3.63, 3.8) is 0 Å². The maximum Gasteiger partial charge on any atom is 0.255 e. The van der Waals surface area contributed by atoms with Gasteiger partial charge in [-0.3, -0.25) is 9.20 Å². The van der Waals surface area contributed by atoms with Gasteiger partial charge >= 0.3 is 0 Å². The third-order valence-corrected chi connectivity index (χ3v) is 4.58. The molecule has 3 aromatic rings. The van der Waals surface area contributed by atoms with Crippen LogP contribution < -0.4 is 5.32 Å². The topological polar surface area (TPSA) is 46.4 Å². The highest BCUT2D eigenvalue weighted by Gasteiger charge is 2.17. The maximum absolute atomic E-state index is 13.8. The average molecular weight is 338 g/mol. The van der Waals surface area contributed by atoms with Gasteiger partial charge < -0.3 is 5.32 Å². The van der Waals surface area contributed by atoms with E-state index >= 15 is 0 Å². The highest BCUT2D eigenvalue weighted by atomic mass is 35.5. The van der Waals surface area contributed by atoms with Crippen molar-refractivity contribution < 1.29 is 9.18 Å². The van der Waals surface area contributed by atoms with Crippen LogP contribution in [0.4, 0.5) is 4.39 Å². The molecule has 2 aromatic heterocycles. The van der Waals surface area contributed by atoms with E-state index in [0.717, 1.165) is 10.7 Å². The van der Waals surface area contributed by atoms with Gasteiger partial charge in [-0.2, -0.15) is 0 Å². The molecule has 1 amide bonds. The quantitative estimate of drug-likeness (QED) is 0.792. The van der Waals surface area contributed by atoms with Crippen molar-refractivity contribution in [2.24, 2.45) is 0 Å². The normalized spacial score (nSPS) is 11.0. The molecule has 3 rings (SSSR count). The lowest BCUT2D eigenvalue weighted by molar-refractivity contribution is 0.0950. The standard InChI is InChI=1S/C15H13ClFN3OS/c1-9-2-3-11(17)12(13(9)16)14(21)18-5-4-10-8-20-6-7-22-15(20)19-10/h2-3,6-8H,4-5H2,1H3,(H,18,21). The molecule has 0 aliphatic carbocycles. The van der Waals surface area contributed by atoms with Crippen molar-refractivity contribution in [1.29, 1.82) is 0 Å². The Morgan fingerprint density at radius 2 is 2.32 bits per heavy atom. The number of imidazole rings is 1. The van der Waals surface area contributed by atoms with Crippen molar-refractivity contribution in [3.8, 4) is 0 Å². The molecule has 0 saturated heterocycles. The van der Waals surface area contributed by atoms with Gasteiger partial charge in [-0.1, -0.05) is 17.7 Å². The first-order valence-corrected chi connectivity index (χ1v) is 7.96. The second kappa shape index (κ2) is 6.06. The Bertz CT molecular complexity index is 814. The first-order valence-electron chi connectivity index (χ1n) is 6.70. The summed E-state index contributed by atoms with van der Waals surface area (Å²) >= 11 is 7.56. The molecule has 0 aliphatic rings. The maximum atomic E-state index is 13.8. The lowest BCUT2D eigenvalue weighted by atomic mass is 10.1. The predicted octanol–water partition coefficient (Wildman–Crippen LogP) is 3.47. The van der Waals surface area contributed by atoms with E-state index in [0.29, 0.717) is 18.5 Å². The molecule has 0 bridgehead atoms. The molecule has 0 saturated carbocycles. The Hall–Kier alpha value is -1.92. The second-order valence-electron chi connectivity index (χ2n) is 4.88. The van der Waals surface area contributed by atoms with E-state index in [1.54, 1.807) is 24.3 Å². The monoisotopic (exact) mass is 337 g/mol. The Morgan fingerprint density at radius 3 is 3.09 bits per heavy atom. The molecule has 0 aliphatic heterocycles. The number of nitrogens with one attached hydrogen (secondary N) is 1. The summed E-state index contributed by atoms with van der Waals surface area (Å²) in [6, 6.07) is 2.80. The molecule has 0 atom stereocenters. The molecule has 0 spiro atoms. The summed E-state index contributed by atoms with van der Waals surface area (Å²) in [6.07, 6.45) is 4.42. The number of thiazole rings is 1. The number of carbonyl (C=O) groups is 1. The number of fused-ring (bicyclic) bond motifs is 1. The Balaban J connectivity index is 1.65. The van der Waals surface area contributed by atoms with Crippen molar-refractivity contribution in [1.82, 2.24) is 14.7 Å². The van der Waals surface area contributed by atoms with Crippen LogP contribution in [0.1, 0.15) is 21.6 Å². The molecule has 22 heavy (non-hydrogen) atoms. The molecule has 4 nitrogen and oxygen atoms in total. The van der Waals surface area contributed by atoms with Crippen LogP contribution in [0.5, 0.6) is 0 Å². The zero-order chi connectivity index (χ0) is 15.7. The number of hydrogen-bond donors (Lipinski definition) is 1. The third-order valence-electron chi connectivity index (χ3n) is 3.32. The number of halogens is 2. The van der Waals surface area contributed by atoms with E-state index in [1.165, 1.54) is 6.07 Å². The van der Waals surface area contributed by atoms with Gasteiger partial charge in [0.1, 0.15) is 5.82 Å². The van der Waals surface area contributed by atoms with Crippen molar-refractivity contribution in [2.75, 3.05) is 6.54 Å². The highest BCUT2D eigenvalue weighted by Crippen LogP contribution is 2.23. The zero-order valence-corrected chi connectivity index (χ0v) is 13.3. The molecule has 0 fully saturated rings. The number of amides is 1. The van der Waals surface area contributed by atoms with E-state index in [4.69, 9.17) is 11.6 Å². The van der Waals surface area contributed by atoms with Gasteiger partial charge in [-0.05, 0) is 18.6 Å². The van der Waals surface area contributed by atoms with Crippen LogP contribution in [0.3, 0.4) is 0 Å². The summed E-state index contributed by atoms with van der Waals surface area (Å²) in [4.78, 5) is 17.4. The van der Waals surface area contributed by atoms with Gasteiger partial charge in [-0.25, -0.2) is 9.37 Å². The highest BCUT2D eigenvalue weighted by molar-refractivity contribution is 7.15. The first kappa shape index (κ1) is 15.0. The Labute approximate surface area is 135 Å². The number of aromatic nitrogens is 2. The molecule has 0 unspecified atom stereocenters. The molecule has 0 radical (unpaired) electrons. The van der Waals surface area contributed by atoms with E-state index in [2.05, 4.69) is 10.3 Å². The van der Waals surface area contributed by atoms with E-state index in [9.17, 15) is 9.18 Å². The van der Waals surface area contributed by atoms with Gasteiger partial charge in [0.05, 0.1) is 16.3 Å². The van der Waals surface area contributed by atoms with Gasteiger partial charge in [-0.15, -0.1) is 11.3 Å². The van der Waals surface area contributed by atoms with Crippen molar-refractivity contribution in [3.05, 3.63) is 57.6 Å². The third kappa shape index (κ3) is 2.84. The second-order valence-corrected chi connectivity index (χ2v) is 6.14. The summed E-state index contributed by atoms with van der Waals surface area (Å²) in [7, 11) is 0. The number of aryl methyl sites for hydroxylation is 1. The Kier molecular flexibility index (Phi) is 4.13. The number of rotatable bonds is 4. The van der Waals surface area contributed by atoms with Crippen LogP contribution in [-0.4, -0.2) is 21.8 Å². The van der Waals surface area contributed by atoms with Crippen LogP contribution in [0.2, 0.25) is 5.02 Å². The summed E-state index contributed by atoms with van der Waals surface area (Å²) in [6.45, 7) is 2.10. The van der Waals surface area contributed by atoms with Gasteiger partial charge in [0.25, 0.3) is 5.91 Å². The van der Waals surface area contributed by atoms with Crippen LogP contribution in [0.15, 0.2) is 29.9 Å². The average Bonchev–Trinajstić information content (AvgIpc) is 3.04. The molecule has 1 aromatic carbocycles. The minimum absolute atomic E-state index is 0.104.